The van der Waals surface area contributed by atoms with Gasteiger partial charge in [-0.25, -0.2) is 9.18 Å². The molecule has 0 saturated heterocycles. The summed E-state index contributed by atoms with van der Waals surface area (Å²) in [5.41, 5.74) is 1.56. The van der Waals surface area contributed by atoms with Crippen LogP contribution < -0.4 is 5.56 Å². The average molecular weight is 368 g/mol. The average Bonchev–Trinajstić information content (AvgIpc) is 2.94. The third kappa shape index (κ3) is 3.72. The lowest BCUT2D eigenvalue weighted by Gasteiger charge is -2.10. The van der Waals surface area contributed by atoms with E-state index in [1.165, 1.54) is 30.5 Å². The molecule has 138 valence electrons. The van der Waals surface area contributed by atoms with E-state index in [1.54, 1.807) is 36.6 Å². The summed E-state index contributed by atoms with van der Waals surface area (Å²) in [5.74, 6) is -1.66. The highest BCUT2D eigenvalue weighted by Crippen LogP contribution is 2.22. The summed E-state index contributed by atoms with van der Waals surface area (Å²) in [6.45, 7) is 3.03. The van der Waals surface area contributed by atoms with Gasteiger partial charge >= 0.3 is 5.97 Å². The summed E-state index contributed by atoms with van der Waals surface area (Å²) in [4.78, 5) is 38.4. The molecular formula is C20H17FN2O4. The number of nitrogens with one attached hydrogen (secondary N) is 1. The molecule has 3 aromatic rings. The molecule has 0 aliphatic rings. The van der Waals surface area contributed by atoms with Gasteiger partial charge in [0.25, 0.3) is 5.56 Å². The van der Waals surface area contributed by atoms with Crippen LogP contribution in [0.2, 0.25) is 0 Å². The van der Waals surface area contributed by atoms with E-state index in [0.717, 1.165) is 5.69 Å². The molecule has 0 saturated carbocycles. The summed E-state index contributed by atoms with van der Waals surface area (Å²) in [7, 11) is 0. The second-order valence-corrected chi connectivity index (χ2v) is 6.01. The fourth-order valence-electron chi connectivity index (χ4n) is 2.93. The molecule has 27 heavy (non-hydrogen) atoms. The van der Waals surface area contributed by atoms with E-state index in [2.05, 4.69) is 4.98 Å². The van der Waals surface area contributed by atoms with E-state index >= 15 is 0 Å². The van der Waals surface area contributed by atoms with Crippen molar-refractivity contribution >= 4 is 11.8 Å². The van der Waals surface area contributed by atoms with Crippen LogP contribution in [0, 0.1) is 19.7 Å². The standard InChI is InChI=1S/C20H17FN2O4/c1-12-9-17(13(2)23(12)15-6-3-5-14(21)10-15)18(24)11-27-20(26)16-7-4-8-22-19(16)25/h3-10H,11H2,1-2H3,(H,22,25). The summed E-state index contributed by atoms with van der Waals surface area (Å²) in [5, 5.41) is 0. The zero-order chi connectivity index (χ0) is 19.6. The van der Waals surface area contributed by atoms with Crippen LogP contribution in [0.5, 0.6) is 0 Å². The smallest absolute Gasteiger partial charge is 0.344 e. The van der Waals surface area contributed by atoms with E-state index in [9.17, 15) is 18.8 Å². The van der Waals surface area contributed by atoms with Crippen molar-refractivity contribution in [2.75, 3.05) is 6.61 Å². The van der Waals surface area contributed by atoms with E-state index in [0.29, 0.717) is 16.9 Å². The summed E-state index contributed by atoms with van der Waals surface area (Å²) >= 11 is 0. The molecule has 0 atom stereocenters. The number of ether oxygens (including phenoxy) is 1. The van der Waals surface area contributed by atoms with Gasteiger partial charge in [0.05, 0.1) is 0 Å². The lowest BCUT2D eigenvalue weighted by molar-refractivity contribution is 0.0472. The minimum Gasteiger partial charge on any atom is -0.454 e. The number of hydrogen-bond acceptors (Lipinski definition) is 4. The fourth-order valence-corrected chi connectivity index (χ4v) is 2.93. The van der Waals surface area contributed by atoms with Gasteiger partial charge in [0.2, 0.25) is 5.78 Å². The Labute approximate surface area is 154 Å². The number of esters is 1. The molecule has 0 aliphatic carbocycles. The van der Waals surface area contributed by atoms with Crippen molar-refractivity contribution in [3.05, 3.63) is 87.3 Å². The van der Waals surface area contributed by atoms with Crippen molar-refractivity contribution in [2.45, 2.75) is 13.8 Å². The molecule has 0 amide bonds. The predicted molar refractivity (Wildman–Crippen MR) is 96.9 cm³/mol. The summed E-state index contributed by atoms with van der Waals surface area (Å²) in [6.07, 6.45) is 1.39. The van der Waals surface area contributed by atoms with E-state index in [4.69, 9.17) is 4.74 Å². The van der Waals surface area contributed by atoms with Crippen LogP contribution in [-0.4, -0.2) is 27.9 Å². The minimum atomic E-state index is -0.871. The molecule has 6 nitrogen and oxygen atoms in total. The number of pyridine rings is 1. The molecule has 1 N–H and O–H groups in total. The van der Waals surface area contributed by atoms with Crippen molar-refractivity contribution in [2.24, 2.45) is 0 Å². The van der Waals surface area contributed by atoms with Crippen molar-refractivity contribution in [3.63, 3.8) is 0 Å². The Balaban J connectivity index is 1.80. The molecule has 0 fully saturated rings. The largest absolute Gasteiger partial charge is 0.454 e. The molecule has 0 bridgehead atoms. The van der Waals surface area contributed by atoms with Crippen LogP contribution in [-0.2, 0) is 4.74 Å². The molecule has 0 aliphatic heterocycles. The lowest BCUT2D eigenvalue weighted by atomic mass is 10.1. The van der Waals surface area contributed by atoms with E-state index in [-0.39, 0.29) is 11.4 Å². The third-order valence-corrected chi connectivity index (χ3v) is 4.17. The third-order valence-electron chi connectivity index (χ3n) is 4.17. The van der Waals surface area contributed by atoms with Crippen LogP contribution in [0.25, 0.3) is 5.69 Å². The Bertz CT molecular complexity index is 1080. The molecule has 7 heteroatoms. The number of Topliss-reactive ketones (excluding diaryl/α,β-unsaturated/α-hetero) is 1. The maximum atomic E-state index is 13.5. The number of aromatic nitrogens is 2. The molecule has 2 aromatic heterocycles. The van der Waals surface area contributed by atoms with Gasteiger partial charge < -0.3 is 14.3 Å². The number of ketones is 1. The number of H-pyrrole nitrogens is 1. The van der Waals surface area contributed by atoms with Crippen LogP contribution in [0.1, 0.15) is 32.1 Å². The van der Waals surface area contributed by atoms with Gasteiger partial charge in [0, 0.05) is 28.8 Å². The first-order valence-corrected chi connectivity index (χ1v) is 8.21. The monoisotopic (exact) mass is 368 g/mol. The first kappa shape index (κ1) is 18.3. The fraction of sp³-hybridized carbons (Fsp3) is 0.150. The van der Waals surface area contributed by atoms with Crippen LogP contribution in [0.15, 0.2) is 53.5 Å². The molecule has 0 spiro atoms. The second kappa shape index (κ2) is 7.41. The highest BCUT2D eigenvalue weighted by Gasteiger charge is 2.19. The number of nitrogens with zero attached hydrogens (tertiary/aromatic N) is 1. The Morgan fingerprint density at radius 1 is 1.11 bits per heavy atom. The summed E-state index contributed by atoms with van der Waals surface area (Å²) < 4.78 is 20.2. The number of carbonyl (C=O) groups is 2. The Morgan fingerprint density at radius 3 is 2.59 bits per heavy atom. The summed E-state index contributed by atoms with van der Waals surface area (Å²) in [6, 6.07) is 10.5. The van der Waals surface area contributed by atoms with Crippen molar-refractivity contribution in [3.8, 4) is 5.69 Å². The van der Waals surface area contributed by atoms with Gasteiger partial charge in [-0.05, 0) is 50.2 Å². The Hall–Kier alpha value is -3.48. The number of hydrogen-bond donors (Lipinski definition) is 1. The second-order valence-electron chi connectivity index (χ2n) is 6.01. The molecule has 1 aromatic carbocycles. The van der Waals surface area contributed by atoms with Gasteiger partial charge in [-0.3, -0.25) is 9.59 Å². The van der Waals surface area contributed by atoms with Gasteiger partial charge in [0.15, 0.2) is 6.61 Å². The first-order valence-electron chi connectivity index (χ1n) is 8.21. The van der Waals surface area contributed by atoms with Crippen LogP contribution in [0.3, 0.4) is 0 Å². The van der Waals surface area contributed by atoms with Crippen LogP contribution in [0.4, 0.5) is 4.39 Å². The quantitative estimate of drug-likeness (QED) is 0.555. The molecule has 0 radical (unpaired) electrons. The maximum Gasteiger partial charge on any atom is 0.344 e. The number of carbonyl (C=O) groups excluding carboxylic acids is 2. The highest BCUT2D eigenvalue weighted by atomic mass is 19.1. The topological polar surface area (TPSA) is 81.2 Å². The molecule has 2 heterocycles. The molecule has 3 rings (SSSR count). The van der Waals surface area contributed by atoms with E-state index in [1.807, 2.05) is 0 Å². The number of rotatable bonds is 5. The number of halogens is 1. The van der Waals surface area contributed by atoms with Gasteiger partial charge in [-0.2, -0.15) is 0 Å². The number of aryl methyl sites for hydroxylation is 1. The zero-order valence-corrected chi connectivity index (χ0v) is 14.8. The predicted octanol–water partition coefficient (Wildman–Crippen LogP) is 2.96. The van der Waals surface area contributed by atoms with Crippen molar-refractivity contribution in [1.82, 2.24) is 9.55 Å². The van der Waals surface area contributed by atoms with Crippen molar-refractivity contribution in [1.29, 1.82) is 0 Å². The van der Waals surface area contributed by atoms with Crippen LogP contribution >= 0.6 is 0 Å². The van der Waals surface area contributed by atoms with E-state index < -0.39 is 23.9 Å². The zero-order valence-electron chi connectivity index (χ0n) is 14.8. The first-order chi connectivity index (χ1) is 12.9. The molecule has 0 unspecified atom stereocenters. The van der Waals surface area contributed by atoms with Gasteiger partial charge in [-0.1, -0.05) is 6.07 Å². The molecular weight excluding hydrogens is 351 g/mol. The number of benzene rings is 1. The SMILES string of the molecule is Cc1cc(C(=O)COC(=O)c2ccc[nH]c2=O)c(C)n1-c1cccc(F)c1. The Morgan fingerprint density at radius 2 is 1.89 bits per heavy atom. The van der Waals surface area contributed by atoms with Crippen molar-refractivity contribution < 1.29 is 18.7 Å². The Kier molecular flexibility index (Phi) is 5.03. The normalized spacial score (nSPS) is 10.6. The lowest BCUT2D eigenvalue weighted by Crippen LogP contribution is -2.21. The maximum absolute atomic E-state index is 13.5. The van der Waals surface area contributed by atoms with Gasteiger partial charge in [-0.15, -0.1) is 0 Å². The number of aromatic amines is 1. The minimum absolute atomic E-state index is 0.171. The van der Waals surface area contributed by atoms with Gasteiger partial charge in [0.1, 0.15) is 11.4 Å². The highest BCUT2D eigenvalue weighted by molar-refractivity contribution is 6.00.